The Morgan fingerprint density at radius 3 is 0.960 bits per heavy atom. The van der Waals surface area contributed by atoms with Crippen molar-refractivity contribution in [3.63, 3.8) is 0 Å². The van der Waals surface area contributed by atoms with Crippen molar-refractivity contribution in [2.24, 2.45) is 0 Å². The third kappa shape index (κ3) is 6.32. The first kappa shape index (κ1) is 43.1. The zero-order valence-electron chi connectivity index (χ0n) is 41.2. The van der Waals surface area contributed by atoms with Crippen LogP contribution in [-0.2, 0) is 10.8 Å². The van der Waals surface area contributed by atoms with Crippen molar-refractivity contribution < 1.29 is 0 Å². The average Bonchev–Trinajstić information content (AvgIpc) is 4.01. The van der Waals surface area contributed by atoms with Crippen LogP contribution < -0.4 is 4.90 Å². The Bertz CT molecular complexity index is 4010. The first-order valence-corrected chi connectivity index (χ1v) is 26.2. The summed E-state index contributed by atoms with van der Waals surface area (Å²) in [6.07, 6.45) is 0. The van der Waals surface area contributed by atoms with Crippen molar-refractivity contribution in [1.29, 1.82) is 0 Å². The molecule has 3 aliphatic rings. The molecule has 0 bridgehead atoms. The molecule has 0 amide bonds. The molecular weight excluding hydrogens is 903 g/mol. The number of nitrogens with zero attached hydrogens (tertiary/aromatic N) is 1. The molecule has 0 fully saturated rings. The molecule has 0 aromatic heterocycles. The molecule has 1 nitrogen and oxygen atoms in total. The van der Waals surface area contributed by atoms with Gasteiger partial charge in [0.05, 0.1) is 16.5 Å². The Morgan fingerprint density at radius 2 is 0.520 bits per heavy atom. The Hall–Kier alpha value is -9.56. The number of rotatable bonds is 7. The standard InChI is InChI=1S/C74H49N/c1-5-20-50(21-6-1)54-36-42-58(43-37-54)75(59-44-38-55(39-45-59)51-22-7-2-8-23-51)71-35-19-34-68-72(71)62-30-15-18-33-65(62)74(68)67-47-41-56(52-24-9-3-10-25-52)48-69(67)73(63-31-16-13-28-60(63)61-29-14-17-32-64(61)73)66-46-40-57(49-70(66)74)53-26-11-4-12-27-53/h1-49H. The van der Waals surface area contributed by atoms with Gasteiger partial charge in [-0.3, -0.25) is 0 Å². The second-order valence-electron chi connectivity index (χ2n) is 20.3. The van der Waals surface area contributed by atoms with Crippen LogP contribution in [-0.4, -0.2) is 0 Å². The summed E-state index contributed by atoms with van der Waals surface area (Å²) >= 11 is 0. The summed E-state index contributed by atoms with van der Waals surface area (Å²) in [6.45, 7) is 0. The van der Waals surface area contributed by atoms with Gasteiger partial charge in [0, 0.05) is 16.9 Å². The highest BCUT2D eigenvalue weighted by atomic mass is 15.1. The van der Waals surface area contributed by atoms with Gasteiger partial charge in [-0.15, -0.1) is 0 Å². The lowest BCUT2D eigenvalue weighted by Gasteiger charge is -2.49. The fourth-order valence-corrected chi connectivity index (χ4v) is 13.5. The number of benzene rings is 12. The van der Waals surface area contributed by atoms with Crippen LogP contribution in [0.5, 0.6) is 0 Å². The smallest absolute Gasteiger partial charge is 0.0721 e. The van der Waals surface area contributed by atoms with Crippen LogP contribution >= 0.6 is 0 Å². The Labute approximate surface area is 439 Å². The molecule has 0 aliphatic heterocycles. The molecule has 0 radical (unpaired) electrons. The second-order valence-corrected chi connectivity index (χ2v) is 20.3. The molecule has 0 saturated heterocycles. The normalized spacial score (nSPS) is 14.8. The lowest BCUT2D eigenvalue weighted by atomic mass is 9.52. The molecule has 75 heavy (non-hydrogen) atoms. The van der Waals surface area contributed by atoms with E-state index < -0.39 is 10.8 Å². The molecule has 12 aromatic rings. The molecule has 15 rings (SSSR count). The number of hydrogen-bond acceptors (Lipinski definition) is 1. The van der Waals surface area contributed by atoms with Gasteiger partial charge in [0.2, 0.25) is 0 Å². The minimum Gasteiger partial charge on any atom is -0.310 e. The molecular formula is C74H49N. The van der Waals surface area contributed by atoms with Gasteiger partial charge in [-0.05, 0) is 148 Å². The van der Waals surface area contributed by atoms with E-state index in [0.717, 1.165) is 17.1 Å². The van der Waals surface area contributed by atoms with Gasteiger partial charge in [0.1, 0.15) is 0 Å². The fraction of sp³-hybridized carbons (Fsp3) is 0.0270. The summed E-state index contributed by atoms with van der Waals surface area (Å²) in [4.78, 5) is 2.49. The average molecular weight is 952 g/mol. The van der Waals surface area contributed by atoms with E-state index in [0.29, 0.717) is 0 Å². The molecule has 0 saturated carbocycles. The summed E-state index contributed by atoms with van der Waals surface area (Å²) < 4.78 is 0. The van der Waals surface area contributed by atoms with E-state index in [2.05, 4.69) is 302 Å². The van der Waals surface area contributed by atoms with Gasteiger partial charge in [0.15, 0.2) is 0 Å². The Balaban J connectivity index is 1.05. The van der Waals surface area contributed by atoms with Crippen LogP contribution in [0.25, 0.3) is 66.8 Å². The van der Waals surface area contributed by atoms with Crippen molar-refractivity contribution in [1.82, 2.24) is 0 Å². The summed E-state index contributed by atoms with van der Waals surface area (Å²) in [5.41, 5.74) is 27.1. The molecule has 1 atom stereocenters. The lowest BCUT2D eigenvalue weighted by Crippen LogP contribution is -2.44. The topological polar surface area (TPSA) is 3.24 Å². The van der Waals surface area contributed by atoms with Crippen molar-refractivity contribution in [3.05, 3.63) is 342 Å². The van der Waals surface area contributed by atoms with Crippen molar-refractivity contribution in [2.75, 3.05) is 4.90 Å². The van der Waals surface area contributed by atoms with Gasteiger partial charge in [-0.2, -0.15) is 0 Å². The minimum absolute atomic E-state index is 0.620. The number of anilines is 3. The van der Waals surface area contributed by atoms with Crippen molar-refractivity contribution in [3.8, 4) is 66.8 Å². The second kappa shape index (κ2) is 17.0. The number of hydrogen-bond donors (Lipinski definition) is 0. The highest BCUT2D eigenvalue weighted by molar-refractivity contribution is 6.00. The van der Waals surface area contributed by atoms with Gasteiger partial charge < -0.3 is 4.90 Å². The van der Waals surface area contributed by atoms with Gasteiger partial charge in [-0.1, -0.05) is 255 Å². The van der Waals surface area contributed by atoms with Crippen LogP contribution in [0.3, 0.4) is 0 Å². The molecule has 350 valence electrons. The lowest BCUT2D eigenvalue weighted by molar-refractivity contribution is 0.633. The summed E-state index contributed by atoms with van der Waals surface area (Å²) in [5, 5.41) is 0. The monoisotopic (exact) mass is 951 g/mol. The van der Waals surface area contributed by atoms with Crippen LogP contribution in [0.15, 0.2) is 297 Å². The highest BCUT2D eigenvalue weighted by Crippen LogP contribution is 2.69. The molecule has 0 heterocycles. The van der Waals surface area contributed by atoms with Crippen molar-refractivity contribution >= 4 is 17.1 Å². The van der Waals surface area contributed by atoms with E-state index in [1.807, 2.05) is 0 Å². The Kier molecular flexibility index (Phi) is 9.77. The summed E-state index contributed by atoms with van der Waals surface area (Å²) in [5.74, 6) is 0. The zero-order chi connectivity index (χ0) is 49.5. The van der Waals surface area contributed by atoms with Crippen molar-refractivity contribution in [2.45, 2.75) is 10.8 Å². The van der Waals surface area contributed by atoms with E-state index in [1.54, 1.807) is 0 Å². The van der Waals surface area contributed by atoms with Crippen LogP contribution in [0.1, 0.15) is 44.5 Å². The Morgan fingerprint density at radius 1 is 0.200 bits per heavy atom. The molecule has 2 spiro atoms. The summed E-state index contributed by atoms with van der Waals surface area (Å²) in [7, 11) is 0. The largest absolute Gasteiger partial charge is 0.310 e. The van der Waals surface area contributed by atoms with E-state index >= 15 is 0 Å². The quantitative estimate of drug-likeness (QED) is 0.154. The highest BCUT2D eigenvalue weighted by Gasteiger charge is 2.59. The van der Waals surface area contributed by atoms with Crippen LogP contribution in [0.4, 0.5) is 17.1 Å². The molecule has 12 aromatic carbocycles. The first-order chi connectivity index (χ1) is 37.2. The number of fused-ring (bicyclic) bond motifs is 16. The SMILES string of the molecule is c1ccc(-c2ccc(N(c3ccc(-c4ccccc4)cc3)c3cccc4c3-c3ccccc3C43c4ccc(-c5ccccc5)cc4C4(c5ccccc5-c5ccccc54)c4ccc(-c5ccccc5)cc43)cc2)cc1. The van der Waals surface area contributed by atoms with Crippen LogP contribution in [0, 0.1) is 0 Å². The molecule has 3 aliphatic carbocycles. The third-order valence-electron chi connectivity index (χ3n) is 16.6. The summed E-state index contributed by atoms with van der Waals surface area (Å²) in [6, 6.07) is 111. The van der Waals surface area contributed by atoms with E-state index in [-0.39, 0.29) is 0 Å². The molecule has 0 N–H and O–H groups in total. The maximum Gasteiger partial charge on any atom is 0.0721 e. The van der Waals surface area contributed by atoms with E-state index in [4.69, 9.17) is 0 Å². The molecule has 1 heteroatoms. The third-order valence-corrected chi connectivity index (χ3v) is 16.6. The maximum atomic E-state index is 2.56. The molecule has 1 unspecified atom stereocenters. The zero-order valence-corrected chi connectivity index (χ0v) is 41.2. The predicted octanol–water partition coefficient (Wildman–Crippen LogP) is 18.9. The van der Waals surface area contributed by atoms with Gasteiger partial charge in [0.25, 0.3) is 0 Å². The van der Waals surface area contributed by atoms with E-state index in [1.165, 1.54) is 111 Å². The van der Waals surface area contributed by atoms with Gasteiger partial charge >= 0.3 is 0 Å². The minimum atomic E-state index is -0.718. The fourth-order valence-electron chi connectivity index (χ4n) is 13.5. The predicted molar refractivity (Wildman–Crippen MR) is 311 cm³/mol. The van der Waals surface area contributed by atoms with Gasteiger partial charge in [-0.25, -0.2) is 0 Å². The first-order valence-electron chi connectivity index (χ1n) is 26.2. The maximum absolute atomic E-state index is 2.56. The van der Waals surface area contributed by atoms with E-state index in [9.17, 15) is 0 Å². The van der Waals surface area contributed by atoms with Crippen LogP contribution in [0.2, 0.25) is 0 Å².